The van der Waals surface area contributed by atoms with Crippen molar-refractivity contribution in [3.05, 3.63) is 35.9 Å². The molecule has 0 aliphatic heterocycles. The van der Waals surface area contributed by atoms with Crippen LogP contribution in [0.5, 0.6) is 0 Å². The van der Waals surface area contributed by atoms with E-state index in [1.807, 2.05) is 44.2 Å². The van der Waals surface area contributed by atoms with E-state index in [1.54, 1.807) is 0 Å². The number of hydrogen-bond donors (Lipinski definition) is 1. The van der Waals surface area contributed by atoms with Crippen molar-refractivity contribution in [1.82, 2.24) is 0 Å². The Hall–Kier alpha value is -0.683. The van der Waals surface area contributed by atoms with Gasteiger partial charge >= 0.3 is 0 Å². The molecule has 1 aromatic rings. The normalized spacial score (nSPS) is 16.2. The molecule has 0 amide bonds. The van der Waals surface area contributed by atoms with Gasteiger partial charge in [-0.1, -0.05) is 44.2 Å². The van der Waals surface area contributed by atoms with Gasteiger partial charge in [-0.15, -0.1) is 0 Å². The van der Waals surface area contributed by atoms with Crippen LogP contribution in [0.25, 0.3) is 0 Å². The molecule has 3 unspecified atom stereocenters. The predicted molar refractivity (Wildman–Crippen MR) is 75.8 cm³/mol. The van der Waals surface area contributed by atoms with Crippen molar-refractivity contribution < 1.29 is 14.3 Å². The van der Waals surface area contributed by atoms with Crippen molar-refractivity contribution in [2.24, 2.45) is 0 Å². The first kappa shape index (κ1) is 15.4. The van der Waals surface area contributed by atoms with E-state index in [-0.39, 0.29) is 6.29 Å². The second-order valence-electron chi connectivity index (χ2n) is 4.23. The third-order valence-corrected chi connectivity index (χ3v) is 5.46. The molecule has 1 aromatic carbocycles. The molecule has 0 bridgehead atoms. The van der Waals surface area contributed by atoms with Gasteiger partial charge in [0.15, 0.2) is 0 Å². The summed E-state index contributed by atoms with van der Waals surface area (Å²) in [6, 6.07) is 10.6. The van der Waals surface area contributed by atoms with Crippen LogP contribution in [0, 0.1) is 0 Å². The molecule has 0 aliphatic rings. The Morgan fingerprint density at radius 1 is 1.17 bits per heavy atom. The van der Waals surface area contributed by atoms with Crippen molar-refractivity contribution in [2.45, 2.75) is 45.3 Å². The van der Waals surface area contributed by atoms with Crippen LogP contribution in [0.2, 0.25) is 6.04 Å². The van der Waals surface area contributed by atoms with E-state index in [0.717, 1.165) is 18.0 Å². The first-order valence-electron chi connectivity index (χ1n) is 6.72. The van der Waals surface area contributed by atoms with Crippen LogP contribution < -0.4 is 0 Å². The second-order valence-corrected chi connectivity index (χ2v) is 7.03. The fourth-order valence-electron chi connectivity index (χ4n) is 1.89. The monoisotopic (exact) mass is 268 g/mol. The lowest BCUT2D eigenvalue weighted by Gasteiger charge is -2.26. The first-order chi connectivity index (χ1) is 8.72. The highest BCUT2D eigenvalue weighted by atomic mass is 28.3. The van der Waals surface area contributed by atoms with E-state index in [1.165, 1.54) is 0 Å². The molecule has 1 N–H and O–H groups in total. The number of rotatable bonds is 8. The van der Waals surface area contributed by atoms with Crippen LogP contribution in [-0.2, 0) is 9.16 Å². The summed E-state index contributed by atoms with van der Waals surface area (Å²) in [7, 11) is -1.71. The van der Waals surface area contributed by atoms with Crippen molar-refractivity contribution in [2.75, 3.05) is 6.61 Å². The van der Waals surface area contributed by atoms with Crippen LogP contribution in [-0.4, -0.2) is 27.0 Å². The summed E-state index contributed by atoms with van der Waals surface area (Å²) in [6.07, 6.45) is 0.642. The van der Waals surface area contributed by atoms with Crippen molar-refractivity contribution in [3.63, 3.8) is 0 Å². The van der Waals surface area contributed by atoms with Crippen LogP contribution in [0.15, 0.2) is 30.3 Å². The second kappa shape index (κ2) is 8.42. The average molecular weight is 268 g/mol. The Balaban J connectivity index is 2.65. The molecule has 0 saturated heterocycles. The van der Waals surface area contributed by atoms with Gasteiger partial charge in [0.25, 0.3) is 0 Å². The maximum atomic E-state index is 10.4. The maximum absolute atomic E-state index is 10.4. The fourth-order valence-corrected chi connectivity index (χ4v) is 3.99. The smallest absolute Gasteiger partial charge is 0.213 e. The topological polar surface area (TPSA) is 38.7 Å². The highest BCUT2D eigenvalue weighted by Gasteiger charge is 2.25. The zero-order valence-corrected chi connectivity index (χ0v) is 12.7. The van der Waals surface area contributed by atoms with Crippen molar-refractivity contribution in [3.8, 4) is 0 Å². The largest absolute Gasteiger partial charge is 0.393 e. The molecule has 0 saturated carbocycles. The van der Waals surface area contributed by atoms with Gasteiger partial charge in [-0.05, 0) is 25.0 Å². The first-order valence-corrected chi connectivity index (χ1v) is 8.68. The predicted octanol–water partition coefficient (Wildman–Crippen LogP) is 2.79. The van der Waals surface area contributed by atoms with E-state index in [4.69, 9.17) is 9.16 Å². The van der Waals surface area contributed by atoms with E-state index in [0.29, 0.717) is 6.61 Å². The van der Waals surface area contributed by atoms with Gasteiger partial charge in [0.2, 0.25) is 9.04 Å². The van der Waals surface area contributed by atoms with Crippen molar-refractivity contribution in [1.29, 1.82) is 0 Å². The lowest BCUT2D eigenvalue weighted by Crippen LogP contribution is -2.33. The van der Waals surface area contributed by atoms with E-state index < -0.39 is 14.8 Å². The summed E-state index contributed by atoms with van der Waals surface area (Å²) in [5, 5.41) is 10.4. The molecule has 3 nitrogen and oxygen atoms in total. The molecule has 1 rings (SSSR count). The minimum absolute atomic E-state index is 0.176. The lowest BCUT2D eigenvalue weighted by molar-refractivity contribution is -0.0837. The minimum atomic E-state index is -1.71. The van der Waals surface area contributed by atoms with Gasteiger partial charge in [0, 0.05) is 6.61 Å². The Kier molecular flexibility index (Phi) is 7.20. The van der Waals surface area contributed by atoms with Crippen LogP contribution >= 0.6 is 0 Å². The molecule has 0 spiro atoms. The highest BCUT2D eigenvalue weighted by Crippen LogP contribution is 2.20. The fraction of sp³-hybridized carbons (Fsp3) is 0.571. The molecule has 0 radical (unpaired) electrons. The molecule has 18 heavy (non-hydrogen) atoms. The Morgan fingerprint density at radius 3 is 2.33 bits per heavy atom. The number of hydrogen-bond acceptors (Lipinski definition) is 3. The number of benzene rings is 1. The molecule has 0 aliphatic carbocycles. The van der Waals surface area contributed by atoms with Gasteiger partial charge in [-0.2, -0.15) is 0 Å². The number of aliphatic hydroxyl groups excluding tert-OH is 1. The Morgan fingerprint density at radius 2 is 1.83 bits per heavy atom. The van der Waals surface area contributed by atoms with Crippen LogP contribution in [0.3, 0.4) is 0 Å². The van der Waals surface area contributed by atoms with E-state index >= 15 is 0 Å². The summed E-state index contributed by atoms with van der Waals surface area (Å²) in [5.41, 5.74) is 0.480. The summed E-state index contributed by atoms with van der Waals surface area (Å²) in [4.78, 5) is 0. The molecular weight excluding hydrogens is 244 g/mol. The van der Waals surface area contributed by atoms with E-state index in [9.17, 15) is 5.11 Å². The SMILES string of the molecule is CCOC(CC)O[SiH](CC)C(O)c1ccccc1. The molecular formula is C14H24O3Si. The highest BCUT2D eigenvalue weighted by molar-refractivity contribution is 6.53. The van der Waals surface area contributed by atoms with Crippen molar-refractivity contribution >= 4 is 9.04 Å². The maximum Gasteiger partial charge on any atom is 0.213 e. The van der Waals surface area contributed by atoms with Gasteiger partial charge in [-0.3, -0.25) is 0 Å². The molecule has 0 heterocycles. The van der Waals surface area contributed by atoms with Crippen LogP contribution in [0.1, 0.15) is 38.5 Å². The Bertz CT molecular complexity index is 318. The van der Waals surface area contributed by atoms with Crippen LogP contribution in [0.4, 0.5) is 0 Å². The number of ether oxygens (including phenoxy) is 1. The molecule has 3 atom stereocenters. The zero-order chi connectivity index (χ0) is 13.4. The molecule has 0 fully saturated rings. The standard InChI is InChI=1S/C14H24O3Si/c1-4-13(16-5-2)17-18(6-3)14(15)12-10-8-7-9-11-12/h7-11,13-15,18H,4-6H2,1-3H3. The summed E-state index contributed by atoms with van der Waals surface area (Å²) in [6.45, 7) is 6.71. The van der Waals surface area contributed by atoms with Gasteiger partial charge < -0.3 is 14.3 Å². The third kappa shape index (κ3) is 4.53. The molecule has 0 aromatic heterocycles. The van der Waals surface area contributed by atoms with Gasteiger partial charge in [-0.25, -0.2) is 0 Å². The van der Waals surface area contributed by atoms with Gasteiger partial charge in [0.1, 0.15) is 6.29 Å². The summed E-state index contributed by atoms with van der Waals surface area (Å²) in [5.74, 6) is 0. The third-order valence-electron chi connectivity index (χ3n) is 2.91. The van der Waals surface area contributed by atoms with Gasteiger partial charge in [0.05, 0.1) is 5.73 Å². The summed E-state index contributed by atoms with van der Waals surface area (Å²) < 4.78 is 11.5. The average Bonchev–Trinajstić information content (AvgIpc) is 2.43. The Labute approximate surface area is 111 Å². The molecule has 4 heteroatoms. The molecule has 102 valence electrons. The minimum Gasteiger partial charge on any atom is -0.393 e. The summed E-state index contributed by atoms with van der Waals surface area (Å²) >= 11 is 0. The lowest BCUT2D eigenvalue weighted by atomic mass is 10.2. The van der Waals surface area contributed by atoms with E-state index in [2.05, 4.69) is 6.92 Å². The zero-order valence-electron chi connectivity index (χ0n) is 11.5. The quantitative estimate of drug-likeness (QED) is 0.582. The number of aliphatic hydroxyl groups is 1.